The Hall–Kier alpha value is -2.29. The van der Waals surface area contributed by atoms with Gasteiger partial charge in [-0.15, -0.1) is 11.3 Å². The average molecular weight is 301 g/mol. The molecule has 0 aliphatic carbocycles. The Bertz CT molecular complexity index is 665. The molecule has 1 heterocycles. The zero-order valence-electron chi connectivity index (χ0n) is 11.6. The van der Waals surface area contributed by atoms with Gasteiger partial charge in [-0.05, 0) is 17.7 Å². The van der Waals surface area contributed by atoms with Gasteiger partial charge >= 0.3 is 0 Å². The summed E-state index contributed by atoms with van der Waals surface area (Å²) in [5, 5.41) is 13.3. The summed E-state index contributed by atoms with van der Waals surface area (Å²) in [4.78, 5) is 12.6. The number of rotatable bonds is 4. The van der Waals surface area contributed by atoms with Crippen LogP contribution in [0.2, 0.25) is 0 Å². The van der Waals surface area contributed by atoms with Crippen molar-refractivity contribution >= 4 is 17.2 Å². The highest BCUT2D eigenvalue weighted by atomic mass is 32.1. The number of hydrogen-bond donors (Lipinski definition) is 2. The molecule has 0 atom stereocenters. The van der Waals surface area contributed by atoms with Gasteiger partial charge in [0, 0.05) is 23.6 Å². The van der Waals surface area contributed by atoms with E-state index in [4.69, 9.17) is 9.84 Å². The van der Waals surface area contributed by atoms with Crippen LogP contribution in [0.15, 0.2) is 35.7 Å². The van der Waals surface area contributed by atoms with Crippen LogP contribution in [0.5, 0.6) is 5.75 Å². The number of amides is 1. The third-order valence-corrected chi connectivity index (χ3v) is 3.66. The number of methoxy groups -OCH3 is 1. The first-order chi connectivity index (χ1) is 10.2. The lowest BCUT2D eigenvalue weighted by Crippen LogP contribution is -2.21. The topological polar surface area (TPSA) is 58.6 Å². The summed E-state index contributed by atoms with van der Waals surface area (Å²) in [6, 6.07) is 9.23. The molecule has 5 heteroatoms. The molecule has 21 heavy (non-hydrogen) atoms. The third-order valence-electron chi connectivity index (χ3n) is 2.75. The van der Waals surface area contributed by atoms with E-state index >= 15 is 0 Å². The van der Waals surface area contributed by atoms with Gasteiger partial charge in [-0.2, -0.15) is 0 Å². The molecule has 0 fully saturated rings. The molecule has 0 unspecified atom stereocenters. The molecule has 1 aromatic heterocycles. The molecule has 0 aliphatic heterocycles. The molecule has 0 aliphatic rings. The van der Waals surface area contributed by atoms with Gasteiger partial charge in [-0.3, -0.25) is 4.79 Å². The van der Waals surface area contributed by atoms with Crippen LogP contribution in [0.4, 0.5) is 0 Å². The molecule has 4 nitrogen and oxygen atoms in total. The van der Waals surface area contributed by atoms with E-state index in [1.54, 1.807) is 18.6 Å². The molecule has 2 aromatic rings. The average Bonchev–Trinajstić information content (AvgIpc) is 3.00. The van der Waals surface area contributed by atoms with Gasteiger partial charge in [0.2, 0.25) is 0 Å². The lowest BCUT2D eigenvalue weighted by atomic mass is 10.1. The molecule has 0 radical (unpaired) electrons. The van der Waals surface area contributed by atoms with Crippen LogP contribution in [0.1, 0.15) is 20.8 Å². The summed E-state index contributed by atoms with van der Waals surface area (Å²) in [5.74, 6) is 5.98. The van der Waals surface area contributed by atoms with Crippen molar-refractivity contribution in [3.05, 3.63) is 51.7 Å². The van der Waals surface area contributed by atoms with Crippen molar-refractivity contribution in [1.82, 2.24) is 5.32 Å². The van der Waals surface area contributed by atoms with Crippen molar-refractivity contribution in [3.8, 4) is 17.6 Å². The Morgan fingerprint density at radius 3 is 2.76 bits per heavy atom. The lowest BCUT2D eigenvalue weighted by molar-refractivity contribution is 0.0954. The molecule has 0 saturated heterocycles. The fourth-order valence-electron chi connectivity index (χ4n) is 1.66. The van der Waals surface area contributed by atoms with Gasteiger partial charge in [0.15, 0.2) is 0 Å². The predicted octanol–water partition coefficient (Wildman–Crippen LogP) is 2.03. The number of nitrogens with one attached hydrogen (secondary N) is 1. The van der Waals surface area contributed by atoms with Crippen LogP contribution < -0.4 is 10.1 Å². The van der Waals surface area contributed by atoms with Crippen LogP contribution in [0, 0.1) is 11.8 Å². The first kappa shape index (κ1) is 15.1. The van der Waals surface area contributed by atoms with Gasteiger partial charge in [-0.1, -0.05) is 24.0 Å². The van der Waals surface area contributed by atoms with Crippen molar-refractivity contribution in [2.75, 3.05) is 13.7 Å². The monoisotopic (exact) mass is 301 g/mol. The Kier molecular flexibility index (Phi) is 5.38. The number of carbonyl (C=O) groups is 1. The highest BCUT2D eigenvalue weighted by Crippen LogP contribution is 2.20. The highest BCUT2D eigenvalue weighted by molar-refractivity contribution is 7.12. The number of aliphatic hydroxyl groups is 1. The fraction of sp³-hybridized carbons (Fsp3) is 0.188. The summed E-state index contributed by atoms with van der Waals surface area (Å²) in [6.45, 7) is 0.300. The van der Waals surface area contributed by atoms with Crippen LogP contribution in [0.25, 0.3) is 0 Å². The van der Waals surface area contributed by atoms with E-state index in [1.165, 1.54) is 11.3 Å². The second-order valence-electron chi connectivity index (χ2n) is 4.19. The maximum absolute atomic E-state index is 11.9. The number of thiophene rings is 1. The summed E-state index contributed by atoms with van der Waals surface area (Å²) in [5.41, 5.74) is 1.82. The van der Waals surface area contributed by atoms with Crippen molar-refractivity contribution < 1.29 is 14.6 Å². The lowest BCUT2D eigenvalue weighted by Gasteiger charge is -2.04. The highest BCUT2D eigenvalue weighted by Gasteiger charge is 2.08. The third kappa shape index (κ3) is 4.35. The summed E-state index contributed by atoms with van der Waals surface area (Å²) < 4.78 is 5.05. The number of carbonyl (C=O) groups excluding carboxylic acids is 1. The maximum atomic E-state index is 11.9. The Morgan fingerprint density at radius 1 is 1.38 bits per heavy atom. The zero-order chi connectivity index (χ0) is 15.1. The second kappa shape index (κ2) is 7.48. The summed E-state index contributed by atoms with van der Waals surface area (Å²) in [7, 11) is 1.57. The Labute approximate surface area is 127 Å². The van der Waals surface area contributed by atoms with Crippen LogP contribution in [-0.4, -0.2) is 24.7 Å². The van der Waals surface area contributed by atoms with Crippen molar-refractivity contribution in [3.63, 3.8) is 0 Å². The van der Waals surface area contributed by atoms with Crippen LogP contribution in [0.3, 0.4) is 0 Å². The first-order valence-corrected chi connectivity index (χ1v) is 7.20. The molecule has 0 spiro atoms. The van der Waals surface area contributed by atoms with E-state index < -0.39 is 0 Å². The van der Waals surface area contributed by atoms with E-state index in [9.17, 15) is 4.79 Å². The minimum absolute atomic E-state index is 0.118. The van der Waals surface area contributed by atoms with Crippen molar-refractivity contribution in [2.24, 2.45) is 0 Å². The minimum atomic E-state index is -0.151. The summed E-state index contributed by atoms with van der Waals surface area (Å²) in [6.07, 6.45) is 0. The van der Waals surface area contributed by atoms with E-state index in [1.807, 2.05) is 24.3 Å². The molecule has 1 amide bonds. The first-order valence-electron chi connectivity index (χ1n) is 6.32. The van der Waals surface area contributed by atoms with E-state index in [2.05, 4.69) is 17.2 Å². The molecular weight excluding hydrogens is 286 g/mol. The number of hydrogen-bond acceptors (Lipinski definition) is 4. The smallest absolute Gasteiger partial charge is 0.261 e. The number of aliphatic hydroxyl groups excluding tert-OH is 1. The van der Waals surface area contributed by atoms with E-state index in [0.29, 0.717) is 17.2 Å². The van der Waals surface area contributed by atoms with Gasteiger partial charge in [0.1, 0.15) is 12.4 Å². The minimum Gasteiger partial charge on any atom is -0.496 e. The zero-order valence-corrected chi connectivity index (χ0v) is 12.4. The molecular formula is C16H15NO3S. The van der Waals surface area contributed by atoms with E-state index in [-0.39, 0.29) is 12.5 Å². The Morgan fingerprint density at radius 2 is 2.14 bits per heavy atom. The number of ether oxygens (including phenoxy) is 1. The van der Waals surface area contributed by atoms with Gasteiger partial charge in [-0.25, -0.2) is 0 Å². The van der Waals surface area contributed by atoms with Gasteiger partial charge < -0.3 is 15.2 Å². The molecule has 0 saturated carbocycles. The van der Waals surface area contributed by atoms with Crippen LogP contribution >= 0.6 is 11.3 Å². The molecule has 1 aromatic carbocycles. The Balaban J connectivity index is 1.91. The predicted molar refractivity (Wildman–Crippen MR) is 82.4 cm³/mol. The van der Waals surface area contributed by atoms with Gasteiger partial charge in [0.05, 0.1) is 12.0 Å². The fourth-order valence-corrected chi connectivity index (χ4v) is 2.43. The second-order valence-corrected chi connectivity index (χ2v) is 5.10. The maximum Gasteiger partial charge on any atom is 0.261 e. The quantitative estimate of drug-likeness (QED) is 0.850. The van der Waals surface area contributed by atoms with Crippen molar-refractivity contribution in [1.29, 1.82) is 0 Å². The molecule has 2 N–H and O–H groups in total. The molecule has 108 valence electrons. The van der Waals surface area contributed by atoms with E-state index in [0.717, 1.165) is 11.1 Å². The standard InChI is InChI=1S/C16H15NO3S/c1-20-14-9-15(21-11-14)16(19)17-10-13-6-4-12(5-7-13)3-2-8-18/h4-7,9,11,18H,8,10H2,1H3,(H,17,19). The SMILES string of the molecule is COc1csc(C(=O)NCc2ccc(C#CCO)cc2)c1. The summed E-state index contributed by atoms with van der Waals surface area (Å²) >= 11 is 1.35. The number of benzene rings is 1. The van der Waals surface area contributed by atoms with Crippen molar-refractivity contribution in [2.45, 2.75) is 6.54 Å². The largest absolute Gasteiger partial charge is 0.496 e. The van der Waals surface area contributed by atoms with Crippen LogP contribution in [-0.2, 0) is 6.54 Å². The normalized spacial score (nSPS) is 9.62. The molecule has 2 rings (SSSR count). The molecule has 0 bridgehead atoms. The van der Waals surface area contributed by atoms with Gasteiger partial charge in [0.25, 0.3) is 5.91 Å².